The standard InChI is InChI=1S/C33H39N9O3/c34-19-22-10-28(40-31(13-22)37-4-1-7-43)25-16-26(29-11-23(20-35)14-32(41-29)38-5-2-8-44)18-27(17-25)30-12-24(21-36)15-33(42-30)39-6-3-9-45/h10-15,25-27,43-45H,1-9,16-18H2,(H,37,40)(H,38,41)(H,39,42). The summed E-state index contributed by atoms with van der Waals surface area (Å²) in [5.74, 6) is 1.44. The largest absolute Gasteiger partial charge is 0.396 e. The average Bonchev–Trinajstić information content (AvgIpc) is 3.08. The Kier molecular flexibility index (Phi) is 12.4. The summed E-state index contributed by atoms with van der Waals surface area (Å²) in [6.07, 6.45) is 3.66. The monoisotopic (exact) mass is 609 g/mol. The number of pyridine rings is 3. The predicted molar refractivity (Wildman–Crippen MR) is 170 cm³/mol. The highest BCUT2D eigenvalue weighted by Crippen LogP contribution is 2.47. The average molecular weight is 610 g/mol. The second-order valence-corrected chi connectivity index (χ2v) is 11.1. The van der Waals surface area contributed by atoms with Crippen molar-refractivity contribution in [3.63, 3.8) is 0 Å². The fourth-order valence-electron chi connectivity index (χ4n) is 5.68. The fraction of sp³-hybridized carbons (Fsp3) is 0.455. The molecule has 0 radical (unpaired) electrons. The first-order chi connectivity index (χ1) is 22.0. The first-order valence-corrected chi connectivity index (χ1v) is 15.3. The highest BCUT2D eigenvalue weighted by molar-refractivity contribution is 5.48. The second kappa shape index (κ2) is 16.9. The van der Waals surface area contributed by atoms with Gasteiger partial charge in [-0.3, -0.25) is 0 Å². The van der Waals surface area contributed by atoms with Gasteiger partial charge in [0, 0.05) is 74.3 Å². The highest BCUT2D eigenvalue weighted by Gasteiger charge is 2.34. The van der Waals surface area contributed by atoms with Gasteiger partial charge >= 0.3 is 0 Å². The van der Waals surface area contributed by atoms with E-state index in [1.54, 1.807) is 18.2 Å². The van der Waals surface area contributed by atoms with E-state index in [1.807, 2.05) is 18.2 Å². The third kappa shape index (κ3) is 9.34. The zero-order chi connectivity index (χ0) is 32.0. The molecule has 3 heterocycles. The van der Waals surface area contributed by atoms with Crippen LogP contribution in [0.4, 0.5) is 17.5 Å². The quantitative estimate of drug-likeness (QED) is 0.136. The molecule has 0 aliphatic heterocycles. The van der Waals surface area contributed by atoms with Crippen molar-refractivity contribution in [2.24, 2.45) is 0 Å². The van der Waals surface area contributed by atoms with Crippen LogP contribution in [-0.4, -0.2) is 69.7 Å². The molecule has 12 nitrogen and oxygen atoms in total. The van der Waals surface area contributed by atoms with Crippen LogP contribution in [-0.2, 0) is 0 Å². The number of aliphatic hydroxyl groups is 3. The minimum Gasteiger partial charge on any atom is -0.396 e. The van der Waals surface area contributed by atoms with Crippen LogP contribution in [0, 0.1) is 34.0 Å². The Balaban J connectivity index is 1.75. The Bertz CT molecular complexity index is 1370. The number of rotatable bonds is 15. The zero-order valence-electron chi connectivity index (χ0n) is 25.2. The molecule has 0 atom stereocenters. The van der Waals surface area contributed by atoms with Crippen LogP contribution < -0.4 is 16.0 Å². The topological polar surface area (TPSA) is 207 Å². The zero-order valence-corrected chi connectivity index (χ0v) is 25.2. The van der Waals surface area contributed by atoms with E-state index in [9.17, 15) is 31.1 Å². The van der Waals surface area contributed by atoms with E-state index in [1.165, 1.54) is 0 Å². The van der Waals surface area contributed by atoms with Gasteiger partial charge < -0.3 is 31.3 Å². The van der Waals surface area contributed by atoms with E-state index in [4.69, 9.17) is 15.0 Å². The third-order valence-corrected chi connectivity index (χ3v) is 7.81. The van der Waals surface area contributed by atoms with E-state index < -0.39 is 0 Å². The van der Waals surface area contributed by atoms with Gasteiger partial charge in [-0.25, -0.2) is 15.0 Å². The minimum atomic E-state index is -0.0860. The van der Waals surface area contributed by atoms with Gasteiger partial charge in [0.15, 0.2) is 0 Å². The van der Waals surface area contributed by atoms with Crippen LogP contribution in [0.3, 0.4) is 0 Å². The molecule has 1 aliphatic rings. The summed E-state index contributed by atoms with van der Waals surface area (Å²) in [6, 6.07) is 17.2. The van der Waals surface area contributed by atoms with Crippen molar-refractivity contribution in [1.29, 1.82) is 15.8 Å². The number of aliphatic hydroxyl groups excluding tert-OH is 3. The molecule has 6 N–H and O–H groups in total. The van der Waals surface area contributed by atoms with Crippen molar-refractivity contribution in [2.75, 3.05) is 55.4 Å². The summed E-state index contributed by atoms with van der Waals surface area (Å²) in [5.41, 5.74) is 3.70. The molecule has 234 valence electrons. The number of anilines is 3. The van der Waals surface area contributed by atoms with Gasteiger partial charge in [-0.15, -0.1) is 0 Å². The van der Waals surface area contributed by atoms with Crippen LogP contribution in [0.15, 0.2) is 36.4 Å². The van der Waals surface area contributed by atoms with Gasteiger partial charge in [0.25, 0.3) is 0 Å². The number of nitrogens with zero attached hydrogens (tertiary/aromatic N) is 6. The molecule has 0 saturated heterocycles. The summed E-state index contributed by atoms with van der Waals surface area (Å²) < 4.78 is 0. The normalized spacial score (nSPS) is 17.5. The molecule has 12 heteroatoms. The van der Waals surface area contributed by atoms with E-state index in [2.05, 4.69) is 34.2 Å². The maximum absolute atomic E-state index is 9.80. The molecular formula is C33H39N9O3. The smallest absolute Gasteiger partial charge is 0.127 e. The minimum absolute atomic E-state index is 0.0427. The molecule has 0 spiro atoms. The Morgan fingerprint density at radius 3 is 1.07 bits per heavy atom. The van der Waals surface area contributed by atoms with E-state index in [-0.39, 0.29) is 37.6 Å². The molecule has 0 aromatic carbocycles. The number of hydrogen-bond acceptors (Lipinski definition) is 12. The second-order valence-electron chi connectivity index (χ2n) is 11.1. The van der Waals surface area contributed by atoms with Crippen LogP contribution in [0.5, 0.6) is 0 Å². The lowest BCUT2D eigenvalue weighted by molar-refractivity contribution is 0.292. The molecule has 0 amide bonds. The van der Waals surface area contributed by atoms with Gasteiger partial charge in [-0.05, 0) is 74.9 Å². The molecule has 3 aromatic heterocycles. The van der Waals surface area contributed by atoms with Crippen molar-refractivity contribution in [2.45, 2.75) is 56.3 Å². The SMILES string of the molecule is N#Cc1cc(NCCCO)nc(C2CC(c3cc(C#N)cc(NCCCO)n3)CC(c3cc(C#N)cc(NCCCO)n3)C2)c1. The molecule has 3 aromatic rings. The molecular weight excluding hydrogens is 570 g/mol. The van der Waals surface area contributed by atoms with E-state index in [0.29, 0.717) is 92.3 Å². The Morgan fingerprint density at radius 2 is 0.822 bits per heavy atom. The maximum Gasteiger partial charge on any atom is 0.127 e. The molecule has 1 fully saturated rings. The number of nitrogens with one attached hydrogen (secondary N) is 3. The maximum atomic E-state index is 9.80. The van der Waals surface area contributed by atoms with Crippen molar-refractivity contribution >= 4 is 17.5 Å². The molecule has 0 unspecified atom stereocenters. The van der Waals surface area contributed by atoms with Crippen molar-refractivity contribution < 1.29 is 15.3 Å². The van der Waals surface area contributed by atoms with E-state index in [0.717, 1.165) is 17.1 Å². The van der Waals surface area contributed by atoms with Crippen LogP contribution in [0.2, 0.25) is 0 Å². The Labute approximate surface area is 263 Å². The van der Waals surface area contributed by atoms with Gasteiger partial charge in [-0.1, -0.05) is 0 Å². The van der Waals surface area contributed by atoms with Gasteiger partial charge in [-0.2, -0.15) is 15.8 Å². The van der Waals surface area contributed by atoms with Crippen molar-refractivity contribution in [3.8, 4) is 18.2 Å². The van der Waals surface area contributed by atoms with E-state index >= 15 is 0 Å². The van der Waals surface area contributed by atoms with Gasteiger partial charge in [0.1, 0.15) is 17.5 Å². The summed E-state index contributed by atoms with van der Waals surface area (Å²) in [6.45, 7) is 1.67. The van der Waals surface area contributed by atoms with Crippen LogP contribution in [0.1, 0.15) is 90.1 Å². The van der Waals surface area contributed by atoms with Crippen LogP contribution in [0.25, 0.3) is 0 Å². The fourth-order valence-corrected chi connectivity index (χ4v) is 5.68. The molecule has 45 heavy (non-hydrogen) atoms. The molecule has 0 bridgehead atoms. The first-order valence-electron chi connectivity index (χ1n) is 15.3. The summed E-state index contributed by atoms with van der Waals surface area (Å²) >= 11 is 0. The third-order valence-electron chi connectivity index (χ3n) is 7.81. The summed E-state index contributed by atoms with van der Waals surface area (Å²) in [4.78, 5) is 14.6. The molecule has 1 saturated carbocycles. The Hall–Kier alpha value is -4.80. The molecule has 1 aliphatic carbocycles. The lowest BCUT2D eigenvalue weighted by Gasteiger charge is -2.35. The van der Waals surface area contributed by atoms with Crippen molar-refractivity contribution in [1.82, 2.24) is 15.0 Å². The first kappa shape index (κ1) is 33.1. The van der Waals surface area contributed by atoms with Gasteiger partial charge in [0.2, 0.25) is 0 Å². The number of hydrogen-bond donors (Lipinski definition) is 6. The highest BCUT2D eigenvalue weighted by atomic mass is 16.3. The number of nitriles is 3. The van der Waals surface area contributed by atoms with Crippen molar-refractivity contribution in [3.05, 3.63) is 70.2 Å². The summed E-state index contributed by atoms with van der Waals surface area (Å²) in [7, 11) is 0. The summed E-state index contributed by atoms with van der Waals surface area (Å²) in [5, 5.41) is 66.7. The van der Waals surface area contributed by atoms with Gasteiger partial charge in [0.05, 0.1) is 34.9 Å². The molecule has 4 rings (SSSR count). The van der Waals surface area contributed by atoms with Crippen LogP contribution >= 0.6 is 0 Å². The predicted octanol–water partition coefficient (Wildman–Crippen LogP) is 3.70. The lowest BCUT2D eigenvalue weighted by atomic mass is 9.71. The Morgan fingerprint density at radius 1 is 0.533 bits per heavy atom. The number of aromatic nitrogens is 3. The lowest BCUT2D eigenvalue weighted by Crippen LogP contribution is -2.23.